The van der Waals surface area contributed by atoms with E-state index < -0.39 is 5.41 Å². The average molecular weight is 350 g/mol. The van der Waals surface area contributed by atoms with E-state index in [0.29, 0.717) is 6.42 Å². The Morgan fingerprint density at radius 3 is 2.69 bits per heavy atom. The molecule has 0 fully saturated rings. The minimum absolute atomic E-state index is 0.0476. The van der Waals surface area contributed by atoms with Gasteiger partial charge in [0.05, 0.1) is 11.1 Å². The molecule has 5 heteroatoms. The maximum Gasteiger partial charge on any atom is 0.162 e. The summed E-state index contributed by atoms with van der Waals surface area (Å²) in [5, 5.41) is 11.2. The van der Waals surface area contributed by atoms with Crippen molar-refractivity contribution in [3.05, 3.63) is 52.6 Å². The van der Waals surface area contributed by atoms with E-state index in [9.17, 15) is 4.79 Å². The summed E-state index contributed by atoms with van der Waals surface area (Å²) >= 11 is 0. The first-order valence-electron chi connectivity index (χ1n) is 9.40. The van der Waals surface area contributed by atoms with Crippen LogP contribution >= 0.6 is 0 Å². The van der Waals surface area contributed by atoms with Crippen LogP contribution in [0, 0.1) is 5.41 Å². The van der Waals surface area contributed by atoms with Crippen LogP contribution < -0.4 is 5.32 Å². The summed E-state index contributed by atoms with van der Waals surface area (Å²) in [7, 11) is 0. The van der Waals surface area contributed by atoms with Gasteiger partial charge in [0.25, 0.3) is 0 Å². The van der Waals surface area contributed by atoms with Gasteiger partial charge in [0.2, 0.25) is 0 Å². The molecule has 0 radical (unpaired) electrons. The molecule has 1 aliphatic heterocycles. The molecule has 5 nitrogen and oxygen atoms in total. The monoisotopic (exact) mass is 350 g/mol. The van der Waals surface area contributed by atoms with Crippen molar-refractivity contribution in [2.45, 2.75) is 58.8 Å². The summed E-state index contributed by atoms with van der Waals surface area (Å²) in [6.07, 6.45) is 5.12. The van der Waals surface area contributed by atoms with E-state index in [1.165, 1.54) is 0 Å². The van der Waals surface area contributed by atoms with Gasteiger partial charge in [-0.15, -0.1) is 0 Å². The number of fused-ring (bicyclic) bond motifs is 1. The van der Waals surface area contributed by atoms with Crippen molar-refractivity contribution in [3.63, 3.8) is 0 Å². The fourth-order valence-corrected chi connectivity index (χ4v) is 4.63. The number of hydrogen-bond acceptors (Lipinski definition) is 4. The highest BCUT2D eigenvalue weighted by atomic mass is 16.1. The van der Waals surface area contributed by atoms with Gasteiger partial charge in [-0.05, 0) is 37.3 Å². The van der Waals surface area contributed by atoms with E-state index in [1.807, 2.05) is 18.2 Å². The van der Waals surface area contributed by atoms with Crippen molar-refractivity contribution in [1.29, 1.82) is 0 Å². The van der Waals surface area contributed by atoms with E-state index in [2.05, 4.69) is 48.2 Å². The fourth-order valence-electron chi connectivity index (χ4n) is 4.63. The highest BCUT2D eigenvalue weighted by molar-refractivity contribution is 6.02. The van der Waals surface area contributed by atoms with Crippen LogP contribution in [0.4, 0.5) is 5.82 Å². The van der Waals surface area contributed by atoms with E-state index in [1.54, 1.807) is 6.20 Å². The summed E-state index contributed by atoms with van der Waals surface area (Å²) in [5.41, 5.74) is 4.30. The highest BCUT2D eigenvalue weighted by Gasteiger charge is 2.50. The Morgan fingerprint density at radius 1 is 1.19 bits per heavy atom. The maximum atomic E-state index is 13.3. The fraction of sp³-hybridized carbons (Fsp3) is 0.476. The van der Waals surface area contributed by atoms with Gasteiger partial charge >= 0.3 is 0 Å². The second-order valence-corrected chi connectivity index (χ2v) is 8.44. The number of carbonyl (C=O) groups excluding carboxylic acids is 1. The zero-order valence-corrected chi connectivity index (χ0v) is 15.9. The van der Waals surface area contributed by atoms with E-state index in [4.69, 9.17) is 0 Å². The van der Waals surface area contributed by atoms with Crippen LogP contribution in [-0.4, -0.2) is 21.0 Å². The SMILES string of the molecule is CCCc1[nH]nc2c1C(C)(c1ccccn1)C1=C(CC(C)(C)CC1=O)N2. The molecule has 0 aromatic carbocycles. The smallest absolute Gasteiger partial charge is 0.162 e. The maximum absolute atomic E-state index is 13.3. The number of Topliss-reactive ketones (excluding diaryl/α,β-unsaturated/α-hetero) is 1. The van der Waals surface area contributed by atoms with Gasteiger partial charge in [0.15, 0.2) is 11.6 Å². The van der Waals surface area contributed by atoms with Crippen molar-refractivity contribution in [3.8, 4) is 0 Å². The number of aryl methyl sites for hydroxylation is 1. The molecule has 3 heterocycles. The average Bonchev–Trinajstić information content (AvgIpc) is 2.98. The minimum Gasteiger partial charge on any atom is -0.342 e. The number of allylic oxidation sites excluding steroid dienone is 2. The second kappa shape index (κ2) is 5.79. The van der Waals surface area contributed by atoms with E-state index in [0.717, 1.165) is 53.3 Å². The molecule has 0 amide bonds. The zero-order chi connectivity index (χ0) is 18.5. The Morgan fingerprint density at radius 2 is 2.00 bits per heavy atom. The molecule has 26 heavy (non-hydrogen) atoms. The molecular weight excluding hydrogens is 324 g/mol. The van der Waals surface area contributed by atoms with Crippen LogP contribution in [0.25, 0.3) is 0 Å². The van der Waals surface area contributed by atoms with Gasteiger partial charge in [0.1, 0.15) is 0 Å². The van der Waals surface area contributed by atoms with Crippen LogP contribution in [0.3, 0.4) is 0 Å². The van der Waals surface area contributed by atoms with Crippen molar-refractivity contribution in [1.82, 2.24) is 15.2 Å². The third kappa shape index (κ3) is 2.41. The number of nitrogens with zero attached hydrogens (tertiary/aromatic N) is 2. The summed E-state index contributed by atoms with van der Waals surface area (Å²) < 4.78 is 0. The summed E-state index contributed by atoms with van der Waals surface area (Å²) in [5.74, 6) is 1.05. The van der Waals surface area contributed by atoms with Crippen LogP contribution in [0.1, 0.15) is 63.9 Å². The zero-order valence-electron chi connectivity index (χ0n) is 15.9. The number of anilines is 1. The third-order valence-electron chi connectivity index (χ3n) is 5.66. The highest BCUT2D eigenvalue weighted by Crippen LogP contribution is 2.52. The third-order valence-corrected chi connectivity index (χ3v) is 5.66. The lowest BCUT2D eigenvalue weighted by Gasteiger charge is -2.43. The van der Waals surface area contributed by atoms with E-state index >= 15 is 0 Å². The van der Waals surface area contributed by atoms with Crippen molar-refractivity contribution in [2.24, 2.45) is 5.41 Å². The molecule has 1 atom stereocenters. The molecule has 0 bridgehead atoms. The van der Waals surface area contributed by atoms with Crippen molar-refractivity contribution < 1.29 is 4.79 Å². The largest absolute Gasteiger partial charge is 0.342 e. The lowest BCUT2D eigenvalue weighted by Crippen LogP contribution is -2.42. The Balaban J connectivity index is 2.00. The van der Waals surface area contributed by atoms with Gasteiger partial charge in [0, 0.05) is 35.1 Å². The number of hydrogen-bond donors (Lipinski definition) is 2. The number of carbonyl (C=O) groups is 1. The first kappa shape index (κ1) is 17.0. The van der Waals surface area contributed by atoms with Crippen molar-refractivity contribution in [2.75, 3.05) is 5.32 Å². The molecule has 4 rings (SSSR count). The molecule has 2 aliphatic rings. The second-order valence-electron chi connectivity index (χ2n) is 8.44. The van der Waals surface area contributed by atoms with Gasteiger partial charge < -0.3 is 5.32 Å². The van der Waals surface area contributed by atoms with Gasteiger partial charge in [-0.1, -0.05) is 33.3 Å². The molecule has 0 saturated carbocycles. The number of aromatic nitrogens is 3. The van der Waals surface area contributed by atoms with Crippen LogP contribution in [0.15, 0.2) is 35.7 Å². The van der Waals surface area contributed by atoms with Gasteiger partial charge in [-0.3, -0.25) is 14.9 Å². The van der Waals surface area contributed by atoms with Crippen LogP contribution in [0.2, 0.25) is 0 Å². The Labute approximate surface area is 154 Å². The molecule has 2 N–H and O–H groups in total. The quantitative estimate of drug-likeness (QED) is 0.873. The normalized spacial score (nSPS) is 24.1. The standard InChI is InChI=1S/C21H26N4O/c1-5-8-13-18-19(25-24-13)23-14-11-20(2,3)12-15(26)17(14)21(18,4)16-9-6-7-10-22-16/h6-7,9-10H,5,8,11-12H2,1-4H3,(H2,23,24,25). The summed E-state index contributed by atoms with van der Waals surface area (Å²) in [6, 6.07) is 5.93. The molecule has 2 aromatic heterocycles. The molecule has 1 aliphatic carbocycles. The van der Waals surface area contributed by atoms with Gasteiger partial charge in [-0.2, -0.15) is 5.10 Å². The van der Waals surface area contributed by atoms with Crippen LogP contribution in [0.5, 0.6) is 0 Å². The lowest BCUT2D eigenvalue weighted by atomic mass is 9.62. The molecule has 0 saturated heterocycles. The number of aromatic amines is 1. The van der Waals surface area contributed by atoms with Crippen molar-refractivity contribution >= 4 is 11.6 Å². The Hall–Kier alpha value is -2.43. The number of rotatable bonds is 3. The molecule has 2 aromatic rings. The topological polar surface area (TPSA) is 70.7 Å². The van der Waals surface area contributed by atoms with Gasteiger partial charge in [-0.25, -0.2) is 0 Å². The van der Waals surface area contributed by atoms with Crippen LogP contribution in [-0.2, 0) is 16.6 Å². The summed E-state index contributed by atoms with van der Waals surface area (Å²) in [4.78, 5) is 17.9. The number of nitrogens with one attached hydrogen (secondary N) is 2. The number of H-pyrrole nitrogens is 1. The molecule has 1 unspecified atom stereocenters. The molecule has 0 spiro atoms. The molecule has 136 valence electrons. The predicted molar refractivity (Wildman–Crippen MR) is 102 cm³/mol. The Kier molecular flexibility index (Phi) is 3.79. The minimum atomic E-state index is -0.581. The number of ketones is 1. The van der Waals surface area contributed by atoms with E-state index in [-0.39, 0.29) is 11.2 Å². The summed E-state index contributed by atoms with van der Waals surface area (Å²) in [6.45, 7) is 8.59. The number of pyridine rings is 1. The first-order valence-corrected chi connectivity index (χ1v) is 9.40. The predicted octanol–water partition coefficient (Wildman–Crippen LogP) is 4.13. The Bertz CT molecular complexity index is 894. The first-order chi connectivity index (χ1) is 12.4. The lowest BCUT2D eigenvalue weighted by molar-refractivity contribution is -0.118. The molecular formula is C21H26N4O.